The Morgan fingerprint density at radius 3 is 2.38 bits per heavy atom. The lowest BCUT2D eigenvalue weighted by atomic mass is 9.96. The molecule has 1 saturated heterocycles. The quantitative estimate of drug-likeness (QED) is 0.289. The summed E-state index contributed by atoms with van der Waals surface area (Å²) in [6.45, 7) is 1.93. The number of nitrogens with zero attached hydrogens (tertiary/aromatic N) is 4. The van der Waals surface area contributed by atoms with Crippen LogP contribution in [0.25, 0.3) is 0 Å². The number of amides is 1. The largest absolute Gasteiger partial charge is 0.451 e. The molecule has 5 rings (SSSR count). The zero-order valence-corrected chi connectivity index (χ0v) is 19.8. The van der Waals surface area contributed by atoms with Crippen molar-refractivity contribution in [1.29, 1.82) is 0 Å². The Morgan fingerprint density at radius 1 is 1.15 bits per heavy atom. The minimum atomic E-state index is -0.886. The number of ether oxygens (including phenoxy) is 1. The molecule has 1 aromatic heterocycles. The molecule has 2 aliphatic heterocycles. The minimum Gasteiger partial charge on any atom is -0.451 e. The summed E-state index contributed by atoms with van der Waals surface area (Å²) in [7, 11) is 0. The van der Waals surface area contributed by atoms with E-state index >= 15 is 0 Å². The van der Waals surface area contributed by atoms with Crippen LogP contribution in [0.5, 0.6) is 0 Å². The lowest BCUT2D eigenvalue weighted by Gasteiger charge is -2.51. The van der Waals surface area contributed by atoms with Crippen LogP contribution >= 0.6 is 23.5 Å². The average molecular weight is 495 g/mol. The van der Waals surface area contributed by atoms with E-state index in [0.29, 0.717) is 5.16 Å². The molecule has 34 heavy (non-hydrogen) atoms. The molecule has 1 fully saturated rings. The topological polar surface area (TPSA) is 127 Å². The first kappa shape index (κ1) is 22.6. The second-order valence-corrected chi connectivity index (χ2v) is 10.2. The van der Waals surface area contributed by atoms with Crippen molar-refractivity contribution >= 4 is 35.4 Å². The molecule has 1 amide bonds. The normalized spacial score (nSPS) is 22.6. The minimum absolute atomic E-state index is 0.208. The first-order chi connectivity index (χ1) is 16.5. The van der Waals surface area contributed by atoms with Crippen LogP contribution < -0.4 is 5.73 Å². The molecular formula is C23H22N6O3S2. The van der Waals surface area contributed by atoms with Gasteiger partial charge in [0.15, 0.2) is 12.1 Å². The monoisotopic (exact) mass is 494 g/mol. The third-order valence-electron chi connectivity index (χ3n) is 5.80. The van der Waals surface area contributed by atoms with Gasteiger partial charge in [-0.3, -0.25) is 4.79 Å². The van der Waals surface area contributed by atoms with Crippen molar-refractivity contribution in [1.82, 2.24) is 25.5 Å². The Balaban J connectivity index is 1.46. The molecule has 2 aromatic carbocycles. The number of rotatable bonds is 7. The number of tetrazole rings is 1. The maximum Gasteiger partial charge on any atom is 0.334 e. The number of nitrogens with two attached hydrogens (primary N) is 1. The first-order valence-corrected chi connectivity index (χ1v) is 12.5. The highest BCUT2D eigenvalue weighted by Gasteiger charge is 2.55. The predicted octanol–water partition coefficient (Wildman–Crippen LogP) is 2.51. The first-order valence-electron chi connectivity index (χ1n) is 10.7. The molecule has 4 atom stereocenters. The van der Waals surface area contributed by atoms with E-state index in [-0.39, 0.29) is 16.5 Å². The van der Waals surface area contributed by atoms with Crippen molar-refractivity contribution in [3.63, 3.8) is 0 Å². The van der Waals surface area contributed by atoms with Crippen LogP contribution in [0.2, 0.25) is 0 Å². The van der Waals surface area contributed by atoms with Crippen molar-refractivity contribution in [2.45, 2.75) is 40.9 Å². The molecule has 0 radical (unpaired) electrons. The smallest absolute Gasteiger partial charge is 0.334 e. The summed E-state index contributed by atoms with van der Waals surface area (Å²) in [5.41, 5.74) is 8.45. The van der Waals surface area contributed by atoms with Crippen molar-refractivity contribution in [2.24, 2.45) is 5.73 Å². The number of fused-ring (bicyclic) bond motifs is 1. The number of esters is 1. The summed E-state index contributed by atoms with van der Waals surface area (Å²) in [5.74, 6) is -0.771. The fourth-order valence-electron chi connectivity index (χ4n) is 4.07. The summed E-state index contributed by atoms with van der Waals surface area (Å²) in [6, 6.07) is 17.6. The second kappa shape index (κ2) is 9.61. The number of H-pyrrole nitrogens is 1. The number of nitrogens with one attached hydrogen (secondary N) is 1. The number of hydrogen-bond acceptors (Lipinski definition) is 9. The number of aromatic nitrogens is 4. The predicted molar refractivity (Wildman–Crippen MR) is 128 cm³/mol. The number of carbonyl (C=O) groups excluding carboxylic acids is 2. The molecule has 11 heteroatoms. The number of aromatic amines is 1. The van der Waals surface area contributed by atoms with Gasteiger partial charge < -0.3 is 15.4 Å². The molecule has 9 nitrogen and oxygen atoms in total. The van der Waals surface area contributed by atoms with Gasteiger partial charge in [0, 0.05) is 5.25 Å². The van der Waals surface area contributed by atoms with Gasteiger partial charge in [0.25, 0.3) is 0 Å². The molecule has 0 spiro atoms. The maximum atomic E-state index is 13.7. The van der Waals surface area contributed by atoms with Gasteiger partial charge in [-0.15, -0.1) is 22.0 Å². The zero-order chi connectivity index (χ0) is 23.7. The van der Waals surface area contributed by atoms with Crippen molar-refractivity contribution in [3.8, 4) is 0 Å². The highest BCUT2D eigenvalue weighted by Crippen LogP contribution is 2.43. The molecule has 3 aromatic rings. The third-order valence-corrected chi connectivity index (χ3v) is 8.01. The van der Waals surface area contributed by atoms with E-state index in [0.717, 1.165) is 16.7 Å². The Morgan fingerprint density at radius 2 is 1.79 bits per heavy atom. The molecule has 0 bridgehead atoms. The van der Waals surface area contributed by atoms with Gasteiger partial charge in [-0.2, -0.15) is 5.21 Å². The van der Waals surface area contributed by atoms with Gasteiger partial charge in [-0.1, -0.05) is 72.4 Å². The maximum absolute atomic E-state index is 13.7. The summed E-state index contributed by atoms with van der Waals surface area (Å²) in [6.07, 6.45) is -0.616. The lowest BCUT2D eigenvalue weighted by molar-refractivity contribution is -0.164. The summed E-state index contributed by atoms with van der Waals surface area (Å²) >= 11 is 2.78. The summed E-state index contributed by atoms with van der Waals surface area (Å²) in [4.78, 5) is 28.0. The molecule has 2 unspecified atom stereocenters. The van der Waals surface area contributed by atoms with Gasteiger partial charge in [0.2, 0.25) is 11.1 Å². The molecule has 2 aliphatic rings. The van der Waals surface area contributed by atoms with E-state index in [2.05, 4.69) is 20.6 Å². The lowest BCUT2D eigenvalue weighted by Crippen LogP contribution is -2.72. The molecule has 3 heterocycles. The fourth-order valence-corrected chi connectivity index (χ4v) is 6.26. The fraction of sp³-hybridized carbons (Fsp3) is 0.261. The third kappa shape index (κ3) is 4.22. The van der Waals surface area contributed by atoms with E-state index in [1.165, 1.54) is 28.4 Å². The van der Waals surface area contributed by atoms with Crippen molar-refractivity contribution in [3.05, 3.63) is 82.8 Å². The number of thioether (sulfide) groups is 2. The molecule has 3 N–H and O–H groups in total. The van der Waals surface area contributed by atoms with Crippen LogP contribution in [0.3, 0.4) is 0 Å². The van der Waals surface area contributed by atoms with Crippen LogP contribution in [0.15, 0.2) is 76.8 Å². The highest BCUT2D eigenvalue weighted by atomic mass is 32.2. The van der Waals surface area contributed by atoms with E-state index in [9.17, 15) is 9.59 Å². The number of β-lactam (4-membered cyclic amide) rings is 1. The van der Waals surface area contributed by atoms with Crippen molar-refractivity contribution in [2.75, 3.05) is 0 Å². The number of benzene rings is 2. The molecular weight excluding hydrogens is 472 g/mol. The standard InChI is InChI=1S/C23H22N6O3S2/c1-13(34-23-25-27-28-26-23)16-12-33-21-17(24)20(30)29(21)18(16)22(31)32-19(14-8-4-2-5-9-14)15-10-6-3-7-11-15/h2-13,17-19,21H,24H2,1H3,(H,25,26,27,28)/t13?,17-,18?,21-/m1/s1. The second-order valence-electron chi connectivity index (χ2n) is 7.91. The van der Waals surface area contributed by atoms with Gasteiger partial charge >= 0.3 is 5.97 Å². The SMILES string of the molecule is CC(Sc1nn[nH]n1)C1=CS[C@@H]2[C@H](N)C(=O)N2C1C(=O)OC(c1ccccc1)c1ccccc1. The van der Waals surface area contributed by atoms with Crippen LogP contribution in [0, 0.1) is 0 Å². The Hall–Kier alpha value is -3.15. The van der Waals surface area contributed by atoms with Crippen LogP contribution in [0.4, 0.5) is 0 Å². The van der Waals surface area contributed by atoms with Crippen LogP contribution in [-0.2, 0) is 14.3 Å². The Bertz CT molecular complexity index is 1150. The van der Waals surface area contributed by atoms with Crippen LogP contribution in [-0.4, -0.2) is 60.1 Å². The van der Waals surface area contributed by atoms with Gasteiger partial charge in [0.05, 0.1) is 0 Å². The molecule has 0 saturated carbocycles. The van der Waals surface area contributed by atoms with E-state index in [4.69, 9.17) is 10.5 Å². The average Bonchev–Trinajstić information content (AvgIpc) is 3.39. The van der Waals surface area contributed by atoms with E-state index in [1.54, 1.807) is 0 Å². The van der Waals surface area contributed by atoms with Gasteiger partial charge in [0.1, 0.15) is 11.4 Å². The van der Waals surface area contributed by atoms with Crippen molar-refractivity contribution < 1.29 is 14.3 Å². The highest BCUT2D eigenvalue weighted by molar-refractivity contribution is 8.03. The molecule has 0 aliphatic carbocycles. The number of carbonyl (C=O) groups is 2. The van der Waals surface area contributed by atoms with Gasteiger partial charge in [-0.25, -0.2) is 4.79 Å². The summed E-state index contributed by atoms with van der Waals surface area (Å²) < 4.78 is 6.13. The summed E-state index contributed by atoms with van der Waals surface area (Å²) in [5, 5.41) is 15.8. The van der Waals surface area contributed by atoms with Crippen LogP contribution in [0.1, 0.15) is 24.2 Å². The van der Waals surface area contributed by atoms with Gasteiger partial charge in [-0.05, 0) is 34.2 Å². The van der Waals surface area contributed by atoms with E-state index in [1.807, 2.05) is 73.0 Å². The Labute approximate surface area is 204 Å². The zero-order valence-electron chi connectivity index (χ0n) is 18.1. The van der Waals surface area contributed by atoms with E-state index < -0.39 is 24.2 Å². The molecule has 174 valence electrons. The Kier molecular flexibility index (Phi) is 6.40. The number of hydrogen-bond donors (Lipinski definition) is 2.